The third-order valence-corrected chi connectivity index (χ3v) is 3.72. The predicted octanol–water partition coefficient (Wildman–Crippen LogP) is -0.566. The van der Waals surface area contributed by atoms with Gasteiger partial charge in [0.15, 0.2) is 12.4 Å². The second-order valence-electron chi connectivity index (χ2n) is 5.64. The number of halogens is 1. The average molecular weight is 372 g/mol. The Bertz CT molecular complexity index is 945. The highest BCUT2D eigenvalue weighted by Crippen LogP contribution is 2.35. The normalized spacial score (nSPS) is 10.0. The lowest BCUT2D eigenvalue weighted by atomic mass is 10.1. The van der Waals surface area contributed by atoms with Crippen LogP contribution in [0.1, 0.15) is 6.92 Å². The summed E-state index contributed by atoms with van der Waals surface area (Å²) in [5, 5.41) is 17.0. The molecule has 2 aromatic carbocycles. The minimum Gasteiger partial charge on any atom is -1.00 e. The number of aromatic hydroxyl groups is 1. The van der Waals surface area contributed by atoms with Gasteiger partial charge in [-0.2, -0.15) is 4.57 Å². The topological polar surface area (TPSA) is 82.3 Å². The average Bonchev–Trinajstić information content (AvgIpc) is 2.58. The molecular weight excluding hydrogens is 354 g/mol. The lowest BCUT2D eigenvalue weighted by Crippen LogP contribution is -3.00. The molecule has 0 spiro atoms. The van der Waals surface area contributed by atoms with Crippen LogP contribution < -0.4 is 27.6 Å². The molecule has 134 valence electrons. The number of aromatic nitrogens is 1. The zero-order valence-corrected chi connectivity index (χ0v) is 14.8. The molecule has 0 unspecified atom stereocenters. The Balaban J connectivity index is 0.00000243. The van der Waals surface area contributed by atoms with Gasteiger partial charge in [-0.25, -0.2) is 0 Å². The van der Waals surface area contributed by atoms with Gasteiger partial charge in [0.2, 0.25) is 12.5 Å². The Morgan fingerprint density at radius 2 is 1.65 bits per heavy atom. The first-order chi connectivity index (χ1) is 12.0. The van der Waals surface area contributed by atoms with Gasteiger partial charge in [0.25, 0.3) is 5.91 Å². The number of phenolic OH excluding ortho intramolecular Hbond substituents is 1. The molecule has 3 N–H and O–H groups in total. The van der Waals surface area contributed by atoms with Gasteiger partial charge in [0.1, 0.15) is 5.75 Å². The Morgan fingerprint density at radius 1 is 0.923 bits per heavy atom. The summed E-state index contributed by atoms with van der Waals surface area (Å²) in [4.78, 5) is 23.5. The highest BCUT2D eigenvalue weighted by molar-refractivity contribution is 6.06. The van der Waals surface area contributed by atoms with Crippen molar-refractivity contribution in [3.63, 3.8) is 0 Å². The number of fused-ring (bicyclic) bond motifs is 1. The largest absolute Gasteiger partial charge is 1.00 e. The number of anilines is 2. The number of carbonyl (C=O) groups is 2. The molecule has 0 bridgehead atoms. The van der Waals surface area contributed by atoms with E-state index in [9.17, 15) is 14.7 Å². The number of benzene rings is 2. The number of hydrogen-bond donors (Lipinski definition) is 3. The minimum atomic E-state index is -0.265. The van der Waals surface area contributed by atoms with Crippen LogP contribution in [0.3, 0.4) is 0 Å². The van der Waals surface area contributed by atoms with Crippen LogP contribution in [0.5, 0.6) is 5.75 Å². The monoisotopic (exact) mass is 371 g/mol. The molecule has 0 fully saturated rings. The molecule has 1 aromatic heterocycles. The Morgan fingerprint density at radius 3 is 2.35 bits per heavy atom. The van der Waals surface area contributed by atoms with Crippen LogP contribution in [0.25, 0.3) is 10.8 Å². The van der Waals surface area contributed by atoms with Crippen molar-refractivity contribution in [1.82, 2.24) is 0 Å². The SMILES string of the molecule is CC(=O)Nc1ccc2c(NC(=O)C[n+]3ccccc3)cccc2c1O.[Cl-]. The second kappa shape index (κ2) is 8.31. The van der Waals surface area contributed by atoms with E-state index >= 15 is 0 Å². The summed E-state index contributed by atoms with van der Waals surface area (Å²) in [5.74, 6) is -0.464. The van der Waals surface area contributed by atoms with E-state index in [1.165, 1.54) is 6.92 Å². The van der Waals surface area contributed by atoms with Crippen molar-refractivity contribution in [2.75, 3.05) is 10.6 Å². The molecule has 0 radical (unpaired) electrons. The Kier molecular flexibility index (Phi) is 6.14. The third kappa shape index (κ3) is 4.29. The summed E-state index contributed by atoms with van der Waals surface area (Å²) in [7, 11) is 0. The molecule has 2 amide bonds. The maximum Gasteiger partial charge on any atom is 0.290 e. The van der Waals surface area contributed by atoms with Crippen LogP contribution in [0.15, 0.2) is 60.9 Å². The molecule has 7 heteroatoms. The highest BCUT2D eigenvalue weighted by atomic mass is 35.5. The van der Waals surface area contributed by atoms with Crippen LogP contribution in [0, 0.1) is 0 Å². The Labute approximate surface area is 156 Å². The van der Waals surface area contributed by atoms with E-state index < -0.39 is 0 Å². The van der Waals surface area contributed by atoms with Crippen molar-refractivity contribution >= 4 is 34.0 Å². The third-order valence-electron chi connectivity index (χ3n) is 3.72. The van der Waals surface area contributed by atoms with Crippen LogP contribution >= 0.6 is 0 Å². The summed E-state index contributed by atoms with van der Waals surface area (Å²) < 4.78 is 1.77. The van der Waals surface area contributed by atoms with Crippen molar-refractivity contribution in [1.29, 1.82) is 0 Å². The molecule has 3 aromatic rings. The molecule has 26 heavy (non-hydrogen) atoms. The first-order valence-corrected chi connectivity index (χ1v) is 7.81. The van der Waals surface area contributed by atoms with Crippen LogP contribution in [0.4, 0.5) is 11.4 Å². The van der Waals surface area contributed by atoms with Crippen LogP contribution in [0.2, 0.25) is 0 Å². The zero-order valence-electron chi connectivity index (χ0n) is 14.1. The number of amides is 2. The van der Waals surface area contributed by atoms with Gasteiger partial charge in [-0.3, -0.25) is 9.59 Å². The first-order valence-electron chi connectivity index (χ1n) is 7.81. The van der Waals surface area contributed by atoms with Crippen molar-refractivity contribution in [2.24, 2.45) is 0 Å². The second-order valence-corrected chi connectivity index (χ2v) is 5.64. The van der Waals surface area contributed by atoms with Crippen LogP contribution in [-0.4, -0.2) is 16.9 Å². The number of rotatable bonds is 4. The Hall–Kier alpha value is -3.12. The number of nitrogens with zero attached hydrogens (tertiary/aromatic N) is 1. The molecule has 0 atom stereocenters. The molecule has 0 aliphatic rings. The van der Waals surface area contributed by atoms with Crippen LogP contribution in [-0.2, 0) is 16.1 Å². The summed E-state index contributed by atoms with van der Waals surface area (Å²) in [6.45, 7) is 1.56. The molecule has 0 aliphatic heterocycles. The molecule has 0 aliphatic carbocycles. The van der Waals surface area contributed by atoms with E-state index in [1.54, 1.807) is 34.9 Å². The number of nitrogens with one attached hydrogen (secondary N) is 2. The van der Waals surface area contributed by atoms with Gasteiger partial charge in [0, 0.05) is 35.5 Å². The van der Waals surface area contributed by atoms with Crippen molar-refractivity contribution in [3.05, 3.63) is 60.9 Å². The van der Waals surface area contributed by atoms with Gasteiger partial charge in [-0.1, -0.05) is 18.2 Å². The lowest BCUT2D eigenvalue weighted by Gasteiger charge is -2.12. The molecule has 0 saturated heterocycles. The fraction of sp³-hybridized carbons (Fsp3) is 0.105. The first kappa shape index (κ1) is 19.2. The number of pyridine rings is 1. The van der Waals surface area contributed by atoms with E-state index in [1.807, 2.05) is 30.6 Å². The number of hydrogen-bond acceptors (Lipinski definition) is 3. The van der Waals surface area contributed by atoms with E-state index in [4.69, 9.17) is 0 Å². The van der Waals surface area contributed by atoms with Gasteiger partial charge >= 0.3 is 0 Å². The molecule has 3 rings (SSSR count). The fourth-order valence-corrected chi connectivity index (χ4v) is 2.64. The quantitative estimate of drug-likeness (QED) is 0.424. The van der Waals surface area contributed by atoms with E-state index in [-0.39, 0.29) is 36.5 Å². The van der Waals surface area contributed by atoms with E-state index in [2.05, 4.69) is 10.6 Å². The minimum absolute atomic E-state index is 0. The zero-order chi connectivity index (χ0) is 17.8. The smallest absolute Gasteiger partial charge is 0.290 e. The maximum absolute atomic E-state index is 12.3. The van der Waals surface area contributed by atoms with Gasteiger partial charge < -0.3 is 28.1 Å². The molecule has 1 heterocycles. The standard InChI is InChI=1S/C19H17N3O3.ClH/c1-13(23)20-17-9-8-14-15(19(17)25)6-5-7-16(14)21-18(24)12-22-10-3-2-4-11-22;/h2-11H,12H2,1H3,(H2-,20,21,23,24,25);1H. The van der Waals surface area contributed by atoms with Gasteiger partial charge in [-0.05, 0) is 18.2 Å². The predicted molar refractivity (Wildman–Crippen MR) is 95.2 cm³/mol. The van der Waals surface area contributed by atoms with Crippen molar-refractivity contribution < 1.29 is 31.7 Å². The highest BCUT2D eigenvalue weighted by Gasteiger charge is 2.13. The van der Waals surface area contributed by atoms with Gasteiger partial charge in [0.05, 0.1) is 5.69 Å². The number of carbonyl (C=O) groups excluding carboxylic acids is 2. The fourth-order valence-electron chi connectivity index (χ4n) is 2.64. The van der Waals surface area contributed by atoms with E-state index in [0.717, 1.165) is 0 Å². The lowest BCUT2D eigenvalue weighted by molar-refractivity contribution is -0.684. The summed E-state index contributed by atoms with van der Waals surface area (Å²) in [6, 6.07) is 14.2. The summed E-state index contributed by atoms with van der Waals surface area (Å²) >= 11 is 0. The van der Waals surface area contributed by atoms with Crippen molar-refractivity contribution in [3.8, 4) is 5.75 Å². The number of phenols is 1. The van der Waals surface area contributed by atoms with Crippen molar-refractivity contribution in [2.45, 2.75) is 13.5 Å². The summed E-state index contributed by atoms with van der Waals surface area (Å²) in [6.07, 6.45) is 3.63. The van der Waals surface area contributed by atoms with Gasteiger partial charge in [-0.15, -0.1) is 0 Å². The summed E-state index contributed by atoms with van der Waals surface area (Å²) in [5.41, 5.74) is 0.937. The molecular formula is C19H18ClN3O3. The maximum atomic E-state index is 12.3. The molecule has 6 nitrogen and oxygen atoms in total. The molecule has 0 saturated carbocycles. The van der Waals surface area contributed by atoms with E-state index in [0.29, 0.717) is 22.1 Å².